The number of aliphatic hydroxyl groups is 1. The zero-order valence-electron chi connectivity index (χ0n) is 18.7. The number of aromatic hydroxyl groups is 1. The monoisotopic (exact) mass is 524 g/mol. The molecule has 4 aromatic rings. The second kappa shape index (κ2) is 9.25. The van der Waals surface area contributed by atoms with Gasteiger partial charge < -0.3 is 14.9 Å². The molecular formula is C26H18ClFN2O5S. The highest BCUT2D eigenvalue weighted by Crippen LogP contribution is 2.46. The lowest BCUT2D eigenvalue weighted by molar-refractivity contribution is -0.132. The molecule has 36 heavy (non-hydrogen) atoms. The van der Waals surface area contributed by atoms with Gasteiger partial charge in [0.15, 0.2) is 16.6 Å². The van der Waals surface area contributed by atoms with Gasteiger partial charge in [0.1, 0.15) is 11.6 Å². The van der Waals surface area contributed by atoms with E-state index in [9.17, 15) is 24.2 Å². The fourth-order valence-electron chi connectivity index (χ4n) is 4.07. The van der Waals surface area contributed by atoms with Gasteiger partial charge in [-0.25, -0.2) is 9.37 Å². The van der Waals surface area contributed by atoms with Gasteiger partial charge in [-0.1, -0.05) is 29.0 Å². The summed E-state index contributed by atoms with van der Waals surface area (Å²) in [5, 5.41) is 22.1. The maximum Gasteiger partial charge on any atom is 0.301 e. The number of aromatic nitrogens is 1. The predicted octanol–water partition coefficient (Wildman–Crippen LogP) is 5.82. The van der Waals surface area contributed by atoms with Crippen molar-refractivity contribution in [1.29, 1.82) is 0 Å². The molecule has 0 spiro atoms. The SMILES string of the molecule is CCOc1cc(C2C(=C(O)c3ccc(F)cc3)C(=O)C(=O)N2c2nc3ccc(Cl)cc3s2)ccc1O. The molecule has 1 saturated heterocycles. The number of aliphatic hydroxyl groups excluding tert-OH is 1. The molecule has 182 valence electrons. The normalized spacial score (nSPS) is 17.2. The first-order valence-corrected chi connectivity index (χ1v) is 12.1. The molecule has 7 nitrogen and oxygen atoms in total. The summed E-state index contributed by atoms with van der Waals surface area (Å²) >= 11 is 7.27. The maximum absolute atomic E-state index is 13.5. The Morgan fingerprint density at radius 2 is 1.89 bits per heavy atom. The Balaban J connectivity index is 1.74. The number of hydrogen-bond acceptors (Lipinski definition) is 7. The number of ether oxygens (including phenoxy) is 1. The zero-order chi connectivity index (χ0) is 25.6. The van der Waals surface area contributed by atoms with E-state index in [2.05, 4.69) is 4.98 Å². The van der Waals surface area contributed by atoms with E-state index in [0.29, 0.717) is 20.8 Å². The number of amides is 1. The van der Waals surface area contributed by atoms with Crippen molar-refractivity contribution in [2.75, 3.05) is 11.5 Å². The van der Waals surface area contributed by atoms with Crippen LogP contribution in [0, 0.1) is 5.82 Å². The molecule has 1 aliphatic rings. The van der Waals surface area contributed by atoms with Gasteiger partial charge in [-0.2, -0.15) is 0 Å². The van der Waals surface area contributed by atoms with Gasteiger partial charge in [-0.15, -0.1) is 0 Å². The molecule has 0 radical (unpaired) electrons. The van der Waals surface area contributed by atoms with Crippen molar-refractivity contribution in [2.45, 2.75) is 13.0 Å². The minimum absolute atomic E-state index is 0.120. The summed E-state index contributed by atoms with van der Waals surface area (Å²) in [5.41, 5.74) is 0.951. The van der Waals surface area contributed by atoms with Crippen molar-refractivity contribution in [1.82, 2.24) is 4.98 Å². The van der Waals surface area contributed by atoms with E-state index in [1.165, 1.54) is 35.2 Å². The van der Waals surface area contributed by atoms with Crippen molar-refractivity contribution >= 4 is 55.7 Å². The Hall–Kier alpha value is -3.95. The Morgan fingerprint density at radius 1 is 1.14 bits per heavy atom. The molecule has 5 rings (SSSR count). The van der Waals surface area contributed by atoms with E-state index in [1.54, 1.807) is 25.1 Å². The predicted molar refractivity (Wildman–Crippen MR) is 135 cm³/mol. The summed E-state index contributed by atoms with van der Waals surface area (Å²) in [6.07, 6.45) is 0. The van der Waals surface area contributed by atoms with Crippen LogP contribution in [0.2, 0.25) is 5.02 Å². The van der Waals surface area contributed by atoms with Gasteiger partial charge >= 0.3 is 5.91 Å². The van der Waals surface area contributed by atoms with Crippen LogP contribution in [0.25, 0.3) is 16.0 Å². The number of phenolic OH excluding ortho intramolecular Hbond substituents is 1. The average molecular weight is 525 g/mol. The lowest BCUT2D eigenvalue weighted by Gasteiger charge is -2.23. The Bertz CT molecular complexity index is 1550. The molecule has 1 aliphatic heterocycles. The zero-order valence-corrected chi connectivity index (χ0v) is 20.3. The van der Waals surface area contributed by atoms with Crippen LogP contribution in [0.3, 0.4) is 0 Å². The average Bonchev–Trinajstić information content (AvgIpc) is 3.38. The van der Waals surface area contributed by atoms with Crippen LogP contribution < -0.4 is 9.64 Å². The summed E-state index contributed by atoms with van der Waals surface area (Å²) in [6, 6.07) is 13.3. The summed E-state index contributed by atoms with van der Waals surface area (Å²) in [5.74, 6) is -2.76. The highest BCUT2D eigenvalue weighted by molar-refractivity contribution is 7.22. The van der Waals surface area contributed by atoms with Gasteiger partial charge in [0.05, 0.1) is 28.4 Å². The minimum Gasteiger partial charge on any atom is -0.507 e. The Labute approximate surface area is 213 Å². The molecule has 2 N–H and O–H groups in total. The molecule has 1 aromatic heterocycles. The molecule has 1 unspecified atom stereocenters. The standard InChI is InChI=1S/C26H18ClFN2O5S/c1-2-35-19-11-14(5-10-18(19)31)22-21(23(32)13-3-7-16(28)8-4-13)24(33)25(34)30(22)26-29-17-9-6-15(27)12-20(17)36-26/h3-12,22,31-32H,2H2,1H3. The number of phenols is 1. The molecule has 1 fully saturated rings. The van der Waals surface area contributed by atoms with E-state index in [0.717, 1.165) is 23.5 Å². The van der Waals surface area contributed by atoms with Gasteiger partial charge in [-0.3, -0.25) is 14.5 Å². The van der Waals surface area contributed by atoms with Crippen LogP contribution in [-0.2, 0) is 9.59 Å². The Morgan fingerprint density at radius 3 is 2.61 bits per heavy atom. The van der Waals surface area contributed by atoms with Crippen LogP contribution in [-0.4, -0.2) is 33.5 Å². The van der Waals surface area contributed by atoms with Gasteiger partial charge in [-0.05, 0) is 67.1 Å². The number of anilines is 1. The lowest BCUT2D eigenvalue weighted by Crippen LogP contribution is -2.29. The van der Waals surface area contributed by atoms with E-state index in [1.807, 2.05) is 0 Å². The number of carbonyl (C=O) groups is 2. The number of benzene rings is 3. The number of nitrogens with zero attached hydrogens (tertiary/aromatic N) is 2. The molecule has 0 aliphatic carbocycles. The number of rotatable bonds is 5. The van der Waals surface area contributed by atoms with Gasteiger partial charge in [0.25, 0.3) is 5.78 Å². The summed E-state index contributed by atoms with van der Waals surface area (Å²) in [7, 11) is 0. The van der Waals surface area contributed by atoms with Crippen molar-refractivity contribution < 1.29 is 28.9 Å². The summed E-state index contributed by atoms with van der Waals surface area (Å²) in [4.78, 5) is 32.4. The third-order valence-corrected chi connectivity index (χ3v) is 6.96. The van der Waals surface area contributed by atoms with Crippen molar-refractivity contribution in [3.63, 3.8) is 0 Å². The minimum atomic E-state index is -1.09. The second-order valence-electron chi connectivity index (χ2n) is 7.94. The molecule has 2 heterocycles. The van der Waals surface area contributed by atoms with E-state index >= 15 is 0 Å². The molecular weight excluding hydrogens is 507 g/mol. The van der Waals surface area contributed by atoms with Crippen molar-refractivity contribution in [2.24, 2.45) is 0 Å². The third-order valence-electron chi connectivity index (χ3n) is 5.71. The number of hydrogen-bond donors (Lipinski definition) is 2. The number of halogens is 2. The quantitative estimate of drug-likeness (QED) is 0.194. The smallest absolute Gasteiger partial charge is 0.301 e. The first-order valence-electron chi connectivity index (χ1n) is 10.9. The fraction of sp³-hybridized carbons (Fsp3) is 0.115. The van der Waals surface area contributed by atoms with Crippen molar-refractivity contribution in [3.8, 4) is 11.5 Å². The molecule has 1 amide bonds. The summed E-state index contributed by atoms with van der Waals surface area (Å²) in [6.45, 7) is 2.02. The van der Waals surface area contributed by atoms with Crippen LogP contribution >= 0.6 is 22.9 Å². The second-order valence-corrected chi connectivity index (χ2v) is 9.39. The highest BCUT2D eigenvalue weighted by Gasteiger charge is 2.48. The molecule has 3 aromatic carbocycles. The molecule has 1 atom stereocenters. The lowest BCUT2D eigenvalue weighted by atomic mass is 9.95. The topological polar surface area (TPSA) is 100.0 Å². The third kappa shape index (κ3) is 4.06. The van der Waals surface area contributed by atoms with Gasteiger partial charge in [0, 0.05) is 10.6 Å². The van der Waals surface area contributed by atoms with Crippen molar-refractivity contribution in [3.05, 3.63) is 88.2 Å². The maximum atomic E-state index is 13.5. The largest absolute Gasteiger partial charge is 0.507 e. The number of Topliss-reactive ketones (excluding diaryl/α,β-unsaturated/α-hetero) is 1. The van der Waals surface area contributed by atoms with Crippen LogP contribution in [0.15, 0.2) is 66.2 Å². The van der Waals surface area contributed by atoms with Crippen LogP contribution in [0.4, 0.5) is 9.52 Å². The molecule has 0 bridgehead atoms. The molecule has 10 heteroatoms. The molecule has 0 saturated carbocycles. The van der Waals surface area contributed by atoms with Gasteiger partial charge in [0.2, 0.25) is 0 Å². The van der Waals surface area contributed by atoms with Crippen LogP contribution in [0.5, 0.6) is 11.5 Å². The Kier molecular flexibility index (Phi) is 6.11. The van der Waals surface area contributed by atoms with E-state index in [-0.39, 0.29) is 34.4 Å². The fourth-order valence-corrected chi connectivity index (χ4v) is 5.34. The van der Waals surface area contributed by atoms with E-state index < -0.39 is 29.3 Å². The number of carbonyl (C=O) groups excluding carboxylic acids is 2. The summed E-state index contributed by atoms with van der Waals surface area (Å²) < 4.78 is 19.7. The van der Waals surface area contributed by atoms with E-state index in [4.69, 9.17) is 16.3 Å². The first-order chi connectivity index (χ1) is 17.3. The first kappa shape index (κ1) is 23.8. The highest BCUT2D eigenvalue weighted by atomic mass is 35.5. The van der Waals surface area contributed by atoms with Crippen LogP contribution in [0.1, 0.15) is 24.1 Å². The number of ketones is 1. The number of thiazole rings is 1. The number of fused-ring (bicyclic) bond motifs is 1.